The Morgan fingerprint density at radius 2 is 1.94 bits per heavy atom. The summed E-state index contributed by atoms with van der Waals surface area (Å²) in [4.78, 5) is 0. The molecule has 90 valence electrons. The van der Waals surface area contributed by atoms with Crippen LogP contribution in [-0.2, 0) is 0 Å². The number of halogens is 3. The normalized spacial score (nSPS) is 12.8. The molecule has 1 heterocycles. The first-order valence-corrected chi connectivity index (χ1v) is 5.67. The number of hydrogen-bond acceptors (Lipinski definition) is 2. The van der Waals surface area contributed by atoms with E-state index in [2.05, 4.69) is 15.9 Å². The van der Waals surface area contributed by atoms with Crippen molar-refractivity contribution in [3.8, 4) is 0 Å². The van der Waals surface area contributed by atoms with E-state index in [0.29, 0.717) is 4.67 Å². The maximum absolute atomic E-state index is 13.6. The van der Waals surface area contributed by atoms with Crippen LogP contribution in [0.1, 0.15) is 23.0 Å². The fourth-order valence-corrected chi connectivity index (χ4v) is 1.82. The zero-order chi connectivity index (χ0) is 12.6. The molecule has 1 unspecified atom stereocenters. The number of benzene rings is 1. The van der Waals surface area contributed by atoms with Crippen LogP contribution in [0.15, 0.2) is 33.4 Å². The van der Waals surface area contributed by atoms with Crippen LogP contribution in [0.3, 0.4) is 0 Å². The zero-order valence-electron chi connectivity index (χ0n) is 8.88. The van der Waals surface area contributed by atoms with Crippen LogP contribution in [0.4, 0.5) is 8.78 Å². The molecule has 0 aliphatic heterocycles. The third-order valence-corrected chi connectivity index (χ3v) is 2.86. The molecule has 1 aromatic heterocycles. The van der Waals surface area contributed by atoms with Crippen molar-refractivity contribution in [2.45, 2.75) is 13.0 Å². The van der Waals surface area contributed by atoms with Crippen LogP contribution in [-0.4, -0.2) is 5.11 Å². The third-order valence-electron chi connectivity index (χ3n) is 2.44. The largest absolute Gasteiger partial charge is 0.451 e. The van der Waals surface area contributed by atoms with Crippen molar-refractivity contribution >= 4 is 15.9 Å². The minimum absolute atomic E-state index is 0.144. The summed E-state index contributed by atoms with van der Waals surface area (Å²) in [6.45, 7) is 1.46. The molecule has 0 amide bonds. The molecule has 1 atom stereocenters. The van der Waals surface area contributed by atoms with Crippen LogP contribution < -0.4 is 0 Å². The summed E-state index contributed by atoms with van der Waals surface area (Å²) >= 11 is 3.07. The molecule has 2 aromatic rings. The van der Waals surface area contributed by atoms with E-state index in [0.717, 1.165) is 12.1 Å². The lowest BCUT2D eigenvalue weighted by Gasteiger charge is -2.10. The van der Waals surface area contributed by atoms with Gasteiger partial charge in [-0.25, -0.2) is 8.78 Å². The van der Waals surface area contributed by atoms with E-state index in [1.165, 1.54) is 13.0 Å². The number of aliphatic hydroxyl groups excluding tert-OH is 1. The maximum Gasteiger partial charge on any atom is 0.169 e. The average molecular weight is 303 g/mol. The summed E-state index contributed by atoms with van der Waals surface area (Å²) in [5.74, 6) is -1.07. The Morgan fingerprint density at radius 1 is 1.24 bits per heavy atom. The van der Waals surface area contributed by atoms with Crippen molar-refractivity contribution in [1.82, 2.24) is 0 Å². The van der Waals surface area contributed by atoms with Gasteiger partial charge in [-0.3, -0.25) is 0 Å². The molecule has 2 rings (SSSR count). The van der Waals surface area contributed by atoms with Gasteiger partial charge in [-0.1, -0.05) is 0 Å². The van der Waals surface area contributed by atoms with E-state index in [-0.39, 0.29) is 16.9 Å². The van der Waals surface area contributed by atoms with Gasteiger partial charge in [-0.15, -0.1) is 0 Å². The van der Waals surface area contributed by atoms with Gasteiger partial charge in [-0.2, -0.15) is 0 Å². The Kier molecular flexibility index (Phi) is 3.31. The second-order valence-electron chi connectivity index (χ2n) is 3.67. The molecule has 5 heteroatoms. The van der Waals surface area contributed by atoms with E-state index in [1.807, 2.05) is 0 Å². The second kappa shape index (κ2) is 4.58. The summed E-state index contributed by atoms with van der Waals surface area (Å²) in [6.07, 6.45) is -1.32. The van der Waals surface area contributed by atoms with Crippen LogP contribution in [0, 0.1) is 18.6 Å². The molecule has 0 spiro atoms. The minimum Gasteiger partial charge on any atom is -0.451 e. The third kappa shape index (κ3) is 2.40. The summed E-state index contributed by atoms with van der Waals surface area (Å²) in [7, 11) is 0. The van der Waals surface area contributed by atoms with E-state index in [1.54, 1.807) is 6.07 Å². The van der Waals surface area contributed by atoms with Gasteiger partial charge in [-0.05, 0) is 52.7 Å². The monoisotopic (exact) mass is 302 g/mol. The number of rotatable bonds is 2. The van der Waals surface area contributed by atoms with Gasteiger partial charge in [0, 0.05) is 5.56 Å². The molecule has 0 aliphatic rings. The molecule has 0 radical (unpaired) electrons. The van der Waals surface area contributed by atoms with Gasteiger partial charge in [0.05, 0.1) is 0 Å². The summed E-state index contributed by atoms with van der Waals surface area (Å²) in [6, 6.07) is 5.09. The van der Waals surface area contributed by atoms with E-state index < -0.39 is 17.7 Å². The molecule has 0 saturated carbocycles. The van der Waals surface area contributed by atoms with Crippen molar-refractivity contribution in [3.63, 3.8) is 0 Å². The number of furan rings is 1. The summed E-state index contributed by atoms with van der Waals surface area (Å²) < 4.78 is 32.4. The highest BCUT2D eigenvalue weighted by Gasteiger charge is 2.20. The summed E-state index contributed by atoms with van der Waals surface area (Å²) in [5, 5.41) is 9.88. The lowest BCUT2D eigenvalue weighted by molar-refractivity contribution is 0.182. The molecular formula is C12H9BrF2O2. The Labute approximate surface area is 105 Å². The van der Waals surface area contributed by atoms with Crippen LogP contribution in [0.25, 0.3) is 0 Å². The fraction of sp³-hybridized carbons (Fsp3) is 0.167. The quantitative estimate of drug-likeness (QED) is 0.917. The Morgan fingerprint density at radius 3 is 2.53 bits per heavy atom. The predicted octanol–water partition coefficient (Wildman–Crippen LogP) is 3.71. The molecule has 17 heavy (non-hydrogen) atoms. The van der Waals surface area contributed by atoms with E-state index in [4.69, 9.17) is 4.42 Å². The molecule has 0 fully saturated rings. The number of hydrogen-bond donors (Lipinski definition) is 1. The molecular weight excluding hydrogens is 294 g/mol. The first-order chi connectivity index (χ1) is 7.99. The van der Waals surface area contributed by atoms with Crippen molar-refractivity contribution < 1.29 is 18.3 Å². The average Bonchev–Trinajstić information content (AvgIpc) is 2.69. The first-order valence-electron chi connectivity index (χ1n) is 4.88. The van der Waals surface area contributed by atoms with Crippen molar-refractivity contribution in [1.29, 1.82) is 0 Å². The van der Waals surface area contributed by atoms with Gasteiger partial charge >= 0.3 is 0 Å². The molecule has 0 bridgehead atoms. The van der Waals surface area contributed by atoms with Crippen LogP contribution in [0.5, 0.6) is 0 Å². The van der Waals surface area contributed by atoms with Crippen LogP contribution >= 0.6 is 15.9 Å². The Balaban J connectivity index is 2.43. The molecule has 2 nitrogen and oxygen atoms in total. The first kappa shape index (κ1) is 12.3. The topological polar surface area (TPSA) is 33.4 Å². The highest BCUT2D eigenvalue weighted by atomic mass is 79.9. The number of aryl methyl sites for hydroxylation is 1. The van der Waals surface area contributed by atoms with Gasteiger partial charge in [0.25, 0.3) is 0 Å². The Hall–Kier alpha value is -1.20. The molecule has 1 aromatic carbocycles. The maximum atomic E-state index is 13.6. The Bertz CT molecular complexity index is 551. The van der Waals surface area contributed by atoms with Crippen molar-refractivity contribution in [2.75, 3.05) is 0 Å². The van der Waals surface area contributed by atoms with Gasteiger partial charge in [0.2, 0.25) is 0 Å². The highest BCUT2D eigenvalue weighted by Crippen LogP contribution is 2.28. The predicted molar refractivity (Wildman–Crippen MR) is 61.6 cm³/mol. The lowest BCUT2D eigenvalue weighted by atomic mass is 10.0. The highest BCUT2D eigenvalue weighted by molar-refractivity contribution is 9.10. The minimum atomic E-state index is -1.32. The summed E-state index contributed by atoms with van der Waals surface area (Å²) in [5.41, 5.74) is 0.0500. The van der Waals surface area contributed by atoms with E-state index in [9.17, 15) is 13.9 Å². The van der Waals surface area contributed by atoms with Crippen LogP contribution in [0.2, 0.25) is 0 Å². The SMILES string of the molecule is Cc1cc(F)c(C(O)c2ccc(Br)o2)cc1F. The smallest absolute Gasteiger partial charge is 0.169 e. The second-order valence-corrected chi connectivity index (χ2v) is 4.45. The zero-order valence-corrected chi connectivity index (χ0v) is 10.5. The lowest BCUT2D eigenvalue weighted by Crippen LogP contribution is -2.03. The standard InChI is InChI=1S/C12H9BrF2O2/c1-6-4-9(15)7(5-8(6)14)12(16)10-2-3-11(13)17-10/h2-5,12,16H,1H3. The van der Waals surface area contributed by atoms with Gasteiger partial charge in [0.1, 0.15) is 23.5 Å². The molecule has 0 saturated heterocycles. The number of aliphatic hydroxyl groups is 1. The van der Waals surface area contributed by atoms with Crippen molar-refractivity contribution in [3.05, 3.63) is 57.5 Å². The fourth-order valence-electron chi connectivity index (χ4n) is 1.50. The van der Waals surface area contributed by atoms with Gasteiger partial charge < -0.3 is 9.52 Å². The van der Waals surface area contributed by atoms with Crippen molar-refractivity contribution in [2.24, 2.45) is 0 Å². The van der Waals surface area contributed by atoms with E-state index >= 15 is 0 Å². The molecule has 0 aliphatic carbocycles. The molecule has 1 N–H and O–H groups in total. The van der Waals surface area contributed by atoms with Gasteiger partial charge in [0.15, 0.2) is 4.67 Å².